The monoisotopic (exact) mass is 368 g/mol. The third-order valence-electron chi connectivity index (χ3n) is 5.47. The molecule has 0 radical (unpaired) electrons. The Hall–Kier alpha value is -2.41. The summed E-state index contributed by atoms with van der Waals surface area (Å²) in [5.74, 6) is 0. The van der Waals surface area contributed by atoms with E-state index in [4.69, 9.17) is 0 Å². The molecular formula is C20H28N6O. The third kappa shape index (κ3) is 4.30. The number of hydrogen-bond acceptors (Lipinski definition) is 4. The summed E-state index contributed by atoms with van der Waals surface area (Å²) >= 11 is 0. The summed E-state index contributed by atoms with van der Waals surface area (Å²) in [4.78, 5) is 17.1. The molecule has 2 aliphatic rings. The molecule has 3 heterocycles. The number of likely N-dealkylation sites (tertiary alicyclic amines) is 1. The summed E-state index contributed by atoms with van der Waals surface area (Å²) < 4.78 is 1.98. The summed E-state index contributed by atoms with van der Waals surface area (Å²) in [6.45, 7) is 7.24. The van der Waals surface area contributed by atoms with Crippen LogP contribution in [0.1, 0.15) is 42.6 Å². The van der Waals surface area contributed by atoms with Crippen molar-refractivity contribution >= 4 is 11.7 Å². The Morgan fingerprint density at radius 2 is 1.81 bits per heavy atom. The smallest absolute Gasteiger partial charge is 0.319 e. The SMILES string of the molecule is Cc1ccc(NC(=O)N2CCCn3nnc(CN4CCCCC4)c3C2)cc1. The number of carbonyl (C=O) groups is 1. The minimum absolute atomic E-state index is 0.0579. The molecule has 0 atom stereocenters. The number of amides is 2. The fourth-order valence-corrected chi connectivity index (χ4v) is 3.86. The molecule has 7 nitrogen and oxygen atoms in total. The molecular weight excluding hydrogens is 340 g/mol. The van der Waals surface area contributed by atoms with E-state index in [1.807, 2.05) is 40.8 Å². The van der Waals surface area contributed by atoms with Crippen LogP contribution in [0.25, 0.3) is 0 Å². The molecule has 2 amide bonds. The topological polar surface area (TPSA) is 66.3 Å². The zero-order valence-corrected chi connectivity index (χ0v) is 16.0. The van der Waals surface area contributed by atoms with Gasteiger partial charge in [-0.2, -0.15) is 0 Å². The second-order valence-corrected chi connectivity index (χ2v) is 7.61. The number of carbonyl (C=O) groups excluding carboxylic acids is 1. The van der Waals surface area contributed by atoms with Gasteiger partial charge in [0.2, 0.25) is 0 Å². The minimum Gasteiger partial charge on any atom is -0.319 e. The van der Waals surface area contributed by atoms with Gasteiger partial charge in [0, 0.05) is 25.3 Å². The maximum absolute atomic E-state index is 12.8. The van der Waals surface area contributed by atoms with Crippen LogP contribution in [-0.4, -0.2) is 50.5 Å². The first-order chi connectivity index (χ1) is 13.2. The van der Waals surface area contributed by atoms with Crippen molar-refractivity contribution in [2.45, 2.75) is 52.2 Å². The van der Waals surface area contributed by atoms with Crippen LogP contribution in [0.2, 0.25) is 0 Å². The van der Waals surface area contributed by atoms with Crippen molar-refractivity contribution in [2.24, 2.45) is 0 Å². The largest absolute Gasteiger partial charge is 0.322 e. The third-order valence-corrected chi connectivity index (χ3v) is 5.47. The Kier molecular flexibility index (Phi) is 5.38. The van der Waals surface area contributed by atoms with Gasteiger partial charge in [0.05, 0.1) is 12.2 Å². The van der Waals surface area contributed by atoms with Crippen LogP contribution in [0.4, 0.5) is 10.5 Å². The highest BCUT2D eigenvalue weighted by molar-refractivity contribution is 5.89. The maximum atomic E-state index is 12.8. The Labute approximate surface area is 160 Å². The van der Waals surface area contributed by atoms with E-state index in [1.54, 1.807) is 0 Å². The van der Waals surface area contributed by atoms with Gasteiger partial charge in [0.1, 0.15) is 5.69 Å². The number of nitrogens with one attached hydrogen (secondary N) is 1. The molecule has 1 fully saturated rings. The fraction of sp³-hybridized carbons (Fsp3) is 0.550. The number of hydrogen-bond donors (Lipinski definition) is 1. The fourth-order valence-electron chi connectivity index (χ4n) is 3.86. The van der Waals surface area contributed by atoms with Crippen molar-refractivity contribution < 1.29 is 4.79 Å². The van der Waals surface area contributed by atoms with Gasteiger partial charge in [0.25, 0.3) is 0 Å². The lowest BCUT2D eigenvalue weighted by molar-refractivity contribution is 0.207. The van der Waals surface area contributed by atoms with Crippen molar-refractivity contribution in [1.29, 1.82) is 0 Å². The van der Waals surface area contributed by atoms with Crippen LogP contribution < -0.4 is 5.32 Å². The second kappa shape index (κ2) is 8.08. The van der Waals surface area contributed by atoms with Crippen molar-refractivity contribution in [3.63, 3.8) is 0 Å². The number of urea groups is 1. The van der Waals surface area contributed by atoms with Gasteiger partial charge in [-0.1, -0.05) is 29.3 Å². The van der Waals surface area contributed by atoms with E-state index in [0.29, 0.717) is 6.54 Å². The van der Waals surface area contributed by atoms with E-state index in [2.05, 4.69) is 20.5 Å². The van der Waals surface area contributed by atoms with Crippen molar-refractivity contribution in [1.82, 2.24) is 24.8 Å². The molecule has 0 saturated carbocycles. The molecule has 144 valence electrons. The Bertz CT molecular complexity index is 778. The summed E-state index contributed by atoms with van der Waals surface area (Å²) in [6, 6.07) is 7.84. The average Bonchev–Trinajstić information content (AvgIpc) is 2.92. The summed E-state index contributed by atoms with van der Waals surface area (Å²) in [6.07, 6.45) is 4.73. The molecule has 0 aliphatic carbocycles. The predicted molar refractivity (Wildman–Crippen MR) is 104 cm³/mol. The number of aryl methyl sites for hydroxylation is 2. The average molecular weight is 368 g/mol. The van der Waals surface area contributed by atoms with E-state index in [-0.39, 0.29) is 6.03 Å². The van der Waals surface area contributed by atoms with Crippen LogP contribution in [0.3, 0.4) is 0 Å². The summed E-state index contributed by atoms with van der Waals surface area (Å²) in [7, 11) is 0. The molecule has 1 N–H and O–H groups in total. The van der Waals surface area contributed by atoms with Crippen molar-refractivity contribution in [3.8, 4) is 0 Å². The Morgan fingerprint density at radius 1 is 1.04 bits per heavy atom. The zero-order chi connectivity index (χ0) is 18.6. The molecule has 1 saturated heterocycles. The van der Waals surface area contributed by atoms with E-state index in [0.717, 1.165) is 56.2 Å². The van der Waals surface area contributed by atoms with Gasteiger partial charge in [-0.05, 0) is 51.4 Å². The maximum Gasteiger partial charge on any atom is 0.322 e. The molecule has 2 aliphatic heterocycles. The number of piperidine rings is 1. The predicted octanol–water partition coefficient (Wildman–Crippen LogP) is 3.01. The number of rotatable bonds is 3. The van der Waals surface area contributed by atoms with Gasteiger partial charge in [-0.15, -0.1) is 5.10 Å². The minimum atomic E-state index is -0.0579. The van der Waals surface area contributed by atoms with Gasteiger partial charge in [0.15, 0.2) is 0 Å². The van der Waals surface area contributed by atoms with Crippen LogP contribution in [0.15, 0.2) is 24.3 Å². The molecule has 0 spiro atoms. The second-order valence-electron chi connectivity index (χ2n) is 7.61. The number of benzene rings is 1. The van der Waals surface area contributed by atoms with E-state index in [1.165, 1.54) is 24.8 Å². The highest BCUT2D eigenvalue weighted by Crippen LogP contribution is 2.19. The van der Waals surface area contributed by atoms with Crippen LogP contribution >= 0.6 is 0 Å². The lowest BCUT2D eigenvalue weighted by Gasteiger charge is -2.26. The molecule has 2 aromatic rings. The first-order valence-corrected chi connectivity index (χ1v) is 9.95. The molecule has 4 rings (SSSR count). The highest BCUT2D eigenvalue weighted by Gasteiger charge is 2.24. The lowest BCUT2D eigenvalue weighted by Crippen LogP contribution is -2.35. The van der Waals surface area contributed by atoms with Crippen LogP contribution in [-0.2, 0) is 19.6 Å². The number of aromatic nitrogens is 3. The Balaban J connectivity index is 1.45. The van der Waals surface area contributed by atoms with E-state index < -0.39 is 0 Å². The quantitative estimate of drug-likeness (QED) is 0.904. The zero-order valence-electron chi connectivity index (χ0n) is 16.0. The number of nitrogens with zero attached hydrogens (tertiary/aromatic N) is 5. The van der Waals surface area contributed by atoms with E-state index >= 15 is 0 Å². The summed E-state index contributed by atoms with van der Waals surface area (Å²) in [5, 5.41) is 11.8. The molecule has 1 aromatic heterocycles. The first kappa shape index (κ1) is 18.0. The highest BCUT2D eigenvalue weighted by atomic mass is 16.2. The van der Waals surface area contributed by atoms with Gasteiger partial charge >= 0.3 is 6.03 Å². The van der Waals surface area contributed by atoms with Crippen molar-refractivity contribution in [3.05, 3.63) is 41.2 Å². The molecule has 7 heteroatoms. The molecule has 1 aromatic carbocycles. The number of fused-ring (bicyclic) bond motifs is 1. The first-order valence-electron chi connectivity index (χ1n) is 9.95. The van der Waals surface area contributed by atoms with Gasteiger partial charge < -0.3 is 10.2 Å². The molecule has 0 unspecified atom stereocenters. The summed E-state index contributed by atoms with van der Waals surface area (Å²) in [5.41, 5.74) is 4.11. The van der Waals surface area contributed by atoms with Gasteiger partial charge in [-0.3, -0.25) is 4.90 Å². The molecule has 0 bridgehead atoms. The number of anilines is 1. The van der Waals surface area contributed by atoms with Crippen LogP contribution in [0.5, 0.6) is 0 Å². The van der Waals surface area contributed by atoms with Crippen molar-refractivity contribution in [2.75, 3.05) is 25.0 Å². The van der Waals surface area contributed by atoms with E-state index in [9.17, 15) is 4.79 Å². The van der Waals surface area contributed by atoms with Gasteiger partial charge in [-0.25, -0.2) is 9.48 Å². The lowest BCUT2D eigenvalue weighted by atomic mass is 10.1. The van der Waals surface area contributed by atoms with Crippen LogP contribution in [0, 0.1) is 6.92 Å². The Morgan fingerprint density at radius 3 is 2.59 bits per heavy atom. The normalized spacial score (nSPS) is 18.0. The molecule has 27 heavy (non-hydrogen) atoms. The standard InChI is InChI=1S/C20H28N6O/c1-16-6-8-17(9-7-16)21-20(27)25-12-5-13-26-19(15-25)18(22-23-26)14-24-10-3-2-4-11-24/h6-9H,2-5,10-15H2,1H3,(H,21,27).